The van der Waals surface area contributed by atoms with E-state index in [4.69, 9.17) is 16.7 Å². The number of carbonyl (C=O) groups is 2. The third-order valence-electron chi connectivity index (χ3n) is 4.10. The lowest BCUT2D eigenvalue weighted by atomic mass is 10.1. The van der Waals surface area contributed by atoms with Crippen LogP contribution in [-0.4, -0.2) is 44.7 Å². The summed E-state index contributed by atoms with van der Waals surface area (Å²) in [4.78, 5) is 25.5. The number of halogens is 1. The highest BCUT2D eigenvalue weighted by atomic mass is 35.5. The number of nitrogens with zero attached hydrogens (tertiary/aromatic N) is 2. The van der Waals surface area contributed by atoms with Crippen molar-refractivity contribution < 1.29 is 14.7 Å². The molecule has 126 valence electrons. The van der Waals surface area contributed by atoms with E-state index in [1.807, 2.05) is 18.2 Å². The first kappa shape index (κ1) is 16.5. The van der Waals surface area contributed by atoms with E-state index >= 15 is 0 Å². The summed E-state index contributed by atoms with van der Waals surface area (Å²) in [7, 11) is 0. The Bertz CT molecular complexity index is 770. The number of aromatic nitrogens is 2. The molecule has 1 aromatic heterocycles. The lowest BCUT2D eigenvalue weighted by Crippen LogP contribution is -2.38. The number of rotatable bonds is 6. The van der Waals surface area contributed by atoms with Gasteiger partial charge < -0.3 is 10.0 Å². The van der Waals surface area contributed by atoms with Gasteiger partial charge in [-0.05, 0) is 25.0 Å². The van der Waals surface area contributed by atoms with E-state index in [2.05, 4.69) is 10.2 Å². The smallest absolute Gasteiger partial charge is 0.308 e. The van der Waals surface area contributed by atoms with Gasteiger partial charge in [0.25, 0.3) is 5.91 Å². The van der Waals surface area contributed by atoms with Gasteiger partial charge in [-0.25, -0.2) is 0 Å². The monoisotopic (exact) mass is 347 g/mol. The van der Waals surface area contributed by atoms with Crippen LogP contribution in [0.3, 0.4) is 0 Å². The number of amides is 1. The number of hydrogen-bond donors (Lipinski definition) is 2. The molecule has 1 amide bonds. The summed E-state index contributed by atoms with van der Waals surface area (Å²) in [6.07, 6.45) is 1.81. The van der Waals surface area contributed by atoms with Gasteiger partial charge in [0.1, 0.15) is 5.69 Å². The molecule has 0 aliphatic heterocycles. The second-order valence-corrected chi connectivity index (χ2v) is 6.48. The number of aromatic amines is 1. The van der Waals surface area contributed by atoms with E-state index < -0.39 is 11.9 Å². The van der Waals surface area contributed by atoms with Gasteiger partial charge in [-0.2, -0.15) is 5.10 Å². The molecule has 0 bridgehead atoms. The van der Waals surface area contributed by atoms with Gasteiger partial charge in [0.05, 0.1) is 16.6 Å². The summed E-state index contributed by atoms with van der Waals surface area (Å²) in [6.45, 7) is 1.80. The zero-order chi connectivity index (χ0) is 17.3. The number of nitrogens with one attached hydrogen (secondary N) is 1. The molecule has 1 heterocycles. The third-order valence-corrected chi connectivity index (χ3v) is 4.43. The summed E-state index contributed by atoms with van der Waals surface area (Å²) in [5, 5.41) is 16.6. The number of carboxylic acids is 1. The molecule has 1 unspecified atom stereocenters. The second kappa shape index (κ2) is 6.65. The Morgan fingerprint density at radius 3 is 2.75 bits per heavy atom. The van der Waals surface area contributed by atoms with Crippen LogP contribution in [0.25, 0.3) is 11.3 Å². The molecule has 3 rings (SSSR count). The highest BCUT2D eigenvalue weighted by Crippen LogP contribution is 2.30. The maximum Gasteiger partial charge on any atom is 0.308 e. The summed E-state index contributed by atoms with van der Waals surface area (Å²) in [5.74, 6) is -1.74. The van der Waals surface area contributed by atoms with Crippen LogP contribution in [0.15, 0.2) is 30.3 Å². The minimum Gasteiger partial charge on any atom is -0.481 e. The van der Waals surface area contributed by atoms with Crippen molar-refractivity contribution in [1.29, 1.82) is 0 Å². The third kappa shape index (κ3) is 3.43. The summed E-state index contributed by atoms with van der Waals surface area (Å²) in [6, 6.07) is 9.04. The second-order valence-electron chi connectivity index (χ2n) is 6.07. The van der Waals surface area contributed by atoms with Crippen molar-refractivity contribution in [3.8, 4) is 11.3 Å². The van der Waals surface area contributed by atoms with Gasteiger partial charge in [-0.15, -0.1) is 0 Å². The first-order chi connectivity index (χ1) is 11.5. The van der Waals surface area contributed by atoms with Crippen LogP contribution >= 0.6 is 11.6 Å². The topological polar surface area (TPSA) is 86.3 Å². The van der Waals surface area contributed by atoms with E-state index in [1.54, 1.807) is 24.0 Å². The predicted molar refractivity (Wildman–Crippen MR) is 89.9 cm³/mol. The normalized spacial score (nSPS) is 15.1. The maximum absolute atomic E-state index is 12.7. The van der Waals surface area contributed by atoms with Gasteiger partial charge in [0, 0.05) is 18.2 Å². The molecule has 24 heavy (non-hydrogen) atoms. The molecule has 1 atom stereocenters. The number of H-pyrrole nitrogens is 1. The van der Waals surface area contributed by atoms with Crippen molar-refractivity contribution in [2.75, 3.05) is 6.54 Å². The average Bonchev–Trinajstić information content (AvgIpc) is 3.28. The van der Waals surface area contributed by atoms with Gasteiger partial charge in [0.2, 0.25) is 0 Å². The van der Waals surface area contributed by atoms with Gasteiger partial charge in [-0.3, -0.25) is 14.7 Å². The molecule has 6 nitrogen and oxygen atoms in total. The van der Waals surface area contributed by atoms with Crippen LogP contribution in [0.5, 0.6) is 0 Å². The number of benzene rings is 1. The zero-order valence-corrected chi connectivity index (χ0v) is 14.0. The average molecular weight is 348 g/mol. The van der Waals surface area contributed by atoms with Crippen molar-refractivity contribution in [2.45, 2.75) is 25.8 Å². The van der Waals surface area contributed by atoms with Gasteiger partial charge in [0.15, 0.2) is 0 Å². The van der Waals surface area contributed by atoms with Crippen molar-refractivity contribution in [3.05, 3.63) is 41.0 Å². The van der Waals surface area contributed by atoms with Crippen LogP contribution < -0.4 is 0 Å². The highest BCUT2D eigenvalue weighted by Gasteiger charge is 2.35. The fourth-order valence-corrected chi connectivity index (χ4v) is 2.78. The molecule has 7 heteroatoms. The Balaban J connectivity index is 1.81. The zero-order valence-electron chi connectivity index (χ0n) is 13.2. The molecule has 1 aliphatic carbocycles. The quantitative estimate of drug-likeness (QED) is 0.840. The highest BCUT2D eigenvalue weighted by molar-refractivity contribution is 6.33. The Hall–Kier alpha value is -2.34. The lowest BCUT2D eigenvalue weighted by Gasteiger charge is -2.23. The SMILES string of the molecule is CC(CN(C(=O)c1cc(-c2ccccc2Cl)n[nH]1)C1CC1)C(=O)O. The first-order valence-corrected chi connectivity index (χ1v) is 8.19. The first-order valence-electron chi connectivity index (χ1n) is 7.81. The molecule has 0 saturated heterocycles. The molecule has 2 N–H and O–H groups in total. The van der Waals surface area contributed by atoms with Crippen LogP contribution in [0.4, 0.5) is 0 Å². The standard InChI is InChI=1S/C17H18ClN3O3/c1-10(17(23)24)9-21(11-6-7-11)16(22)15-8-14(19-20-15)12-4-2-3-5-13(12)18/h2-5,8,10-11H,6-7,9H2,1H3,(H,19,20)(H,23,24). The van der Waals surface area contributed by atoms with E-state index in [9.17, 15) is 9.59 Å². The molecule has 0 spiro atoms. The van der Waals surface area contributed by atoms with Crippen molar-refractivity contribution >= 4 is 23.5 Å². The molecule has 1 saturated carbocycles. The Kier molecular flexibility index (Phi) is 4.57. The lowest BCUT2D eigenvalue weighted by molar-refractivity contribution is -0.141. The summed E-state index contributed by atoms with van der Waals surface area (Å²) >= 11 is 6.16. The van der Waals surface area contributed by atoms with Gasteiger partial charge >= 0.3 is 5.97 Å². The molecule has 0 radical (unpaired) electrons. The van der Waals surface area contributed by atoms with Gasteiger partial charge in [-0.1, -0.05) is 36.7 Å². The van der Waals surface area contributed by atoms with Crippen molar-refractivity contribution in [1.82, 2.24) is 15.1 Å². The number of aliphatic carboxylic acids is 1. The fourth-order valence-electron chi connectivity index (χ4n) is 2.55. The summed E-state index contributed by atoms with van der Waals surface area (Å²) in [5.41, 5.74) is 1.67. The molecular formula is C17H18ClN3O3. The molecule has 1 aromatic carbocycles. The molecular weight excluding hydrogens is 330 g/mol. The Morgan fingerprint density at radius 2 is 2.12 bits per heavy atom. The Labute approximate surface area is 144 Å². The predicted octanol–water partition coefficient (Wildman–Crippen LogP) is 3.06. The van der Waals surface area contributed by atoms with Crippen molar-refractivity contribution in [3.63, 3.8) is 0 Å². The number of hydrogen-bond acceptors (Lipinski definition) is 3. The van der Waals surface area contributed by atoms with E-state index in [-0.39, 0.29) is 18.5 Å². The minimum absolute atomic E-state index is 0.117. The van der Waals surface area contributed by atoms with E-state index in [0.29, 0.717) is 16.4 Å². The molecule has 1 fully saturated rings. The van der Waals surface area contributed by atoms with E-state index in [0.717, 1.165) is 18.4 Å². The van der Waals surface area contributed by atoms with E-state index in [1.165, 1.54) is 0 Å². The van der Waals surface area contributed by atoms with Crippen LogP contribution in [0.2, 0.25) is 5.02 Å². The number of carboxylic acid groups (broad SMARTS) is 1. The Morgan fingerprint density at radius 1 is 1.42 bits per heavy atom. The summed E-state index contributed by atoms with van der Waals surface area (Å²) < 4.78 is 0. The largest absolute Gasteiger partial charge is 0.481 e. The minimum atomic E-state index is -0.908. The van der Waals surface area contributed by atoms with Crippen molar-refractivity contribution in [2.24, 2.45) is 5.92 Å². The maximum atomic E-state index is 12.7. The van der Waals surface area contributed by atoms with Crippen LogP contribution in [0.1, 0.15) is 30.3 Å². The fraction of sp³-hybridized carbons (Fsp3) is 0.353. The number of carbonyl (C=O) groups excluding carboxylic acids is 1. The van der Waals surface area contributed by atoms with Crippen LogP contribution in [0, 0.1) is 5.92 Å². The van der Waals surface area contributed by atoms with Crippen LogP contribution in [-0.2, 0) is 4.79 Å². The molecule has 2 aromatic rings. The molecule has 1 aliphatic rings.